The molecule has 1 spiro atoms. The fourth-order valence-electron chi connectivity index (χ4n) is 3.48. The third kappa shape index (κ3) is 2.19. The van der Waals surface area contributed by atoms with E-state index in [9.17, 15) is 0 Å². The smallest absolute Gasteiger partial charge is 0.0877 e. The highest BCUT2D eigenvalue weighted by Gasteiger charge is 2.44. The van der Waals surface area contributed by atoms with Crippen LogP contribution < -0.4 is 5.32 Å². The van der Waals surface area contributed by atoms with Crippen molar-refractivity contribution in [2.75, 3.05) is 13.2 Å². The van der Waals surface area contributed by atoms with Crippen LogP contribution in [0.25, 0.3) is 0 Å². The van der Waals surface area contributed by atoms with Crippen LogP contribution in [-0.4, -0.2) is 18.8 Å². The molecular formula is C16H23NO. The molecule has 18 heavy (non-hydrogen) atoms. The molecule has 1 N–H and O–H groups in total. The quantitative estimate of drug-likeness (QED) is 0.819. The summed E-state index contributed by atoms with van der Waals surface area (Å²) in [7, 11) is 0. The van der Waals surface area contributed by atoms with E-state index in [1.54, 1.807) is 0 Å². The van der Waals surface area contributed by atoms with Crippen molar-refractivity contribution in [1.82, 2.24) is 5.32 Å². The third-order valence-electron chi connectivity index (χ3n) is 4.62. The Hall–Kier alpha value is -0.860. The van der Waals surface area contributed by atoms with Crippen molar-refractivity contribution >= 4 is 0 Å². The molecule has 1 saturated heterocycles. The molecule has 0 aromatic heterocycles. The first-order valence-electron chi connectivity index (χ1n) is 7.22. The minimum absolute atomic E-state index is 0.0477. The van der Waals surface area contributed by atoms with Gasteiger partial charge in [-0.05, 0) is 37.2 Å². The summed E-state index contributed by atoms with van der Waals surface area (Å²) >= 11 is 0. The van der Waals surface area contributed by atoms with E-state index in [4.69, 9.17) is 4.74 Å². The third-order valence-corrected chi connectivity index (χ3v) is 4.62. The van der Waals surface area contributed by atoms with Gasteiger partial charge in [0.25, 0.3) is 0 Å². The zero-order valence-corrected chi connectivity index (χ0v) is 11.2. The van der Waals surface area contributed by atoms with Gasteiger partial charge in [0.1, 0.15) is 0 Å². The van der Waals surface area contributed by atoms with Crippen molar-refractivity contribution in [2.24, 2.45) is 5.92 Å². The zero-order chi connectivity index (χ0) is 12.4. The maximum atomic E-state index is 6.26. The number of rotatable bonds is 1. The lowest BCUT2D eigenvalue weighted by Crippen LogP contribution is -2.53. The Labute approximate surface area is 110 Å². The molecule has 1 aliphatic carbocycles. The molecule has 1 aromatic carbocycles. The van der Waals surface area contributed by atoms with Crippen LogP contribution in [0.15, 0.2) is 30.3 Å². The van der Waals surface area contributed by atoms with Crippen LogP contribution in [0.2, 0.25) is 0 Å². The number of benzene rings is 1. The average molecular weight is 245 g/mol. The van der Waals surface area contributed by atoms with Crippen molar-refractivity contribution in [1.29, 1.82) is 0 Å². The number of ether oxygens (including phenoxy) is 1. The van der Waals surface area contributed by atoms with Crippen LogP contribution >= 0.6 is 0 Å². The molecule has 98 valence electrons. The summed E-state index contributed by atoms with van der Waals surface area (Å²) in [6.45, 7) is 4.19. The summed E-state index contributed by atoms with van der Waals surface area (Å²) in [5.41, 5.74) is 1.43. The summed E-state index contributed by atoms with van der Waals surface area (Å²) in [5, 5.41) is 3.69. The van der Waals surface area contributed by atoms with Gasteiger partial charge in [0.15, 0.2) is 0 Å². The lowest BCUT2D eigenvalue weighted by molar-refractivity contribution is -0.124. The maximum absolute atomic E-state index is 6.26. The molecule has 0 amide bonds. The van der Waals surface area contributed by atoms with Gasteiger partial charge >= 0.3 is 0 Å². The van der Waals surface area contributed by atoms with Gasteiger partial charge in [-0.3, -0.25) is 0 Å². The van der Waals surface area contributed by atoms with Crippen LogP contribution in [-0.2, 0) is 4.74 Å². The highest BCUT2D eigenvalue weighted by atomic mass is 16.5. The van der Waals surface area contributed by atoms with Gasteiger partial charge in [0.2, 0.25) is 0 Å². The van der Waals surface area contributed by atoms with Crippen molar-refractivity contribution in [2.45, 2.75) is 44.2 Å². The van der Waals surface area contributed by atoms with Gasteiger partial charge in [-0.2, -0.15) is 0 Å². The molecule has 2 fully saturated rings. The second kappa shape index (κ2) is 5.02. The minimum atomic E-state index is 0.0477. The second-order valence-electron chi connectivity index (χ2n) is 5.89. The van der Waals surface area contributed by atoms with Crippen LogP contribution in [0, 0.1) is 5.92 Å². The molecule has 1 unspecified atom stereocenters. The molecule has 1 aliphatic heterocycles. The Morgan fingerprint density at radius 2 is 1.89 bits per heavy atom. The molecule has 2 nitrogen and oxygen atoms in total. The van der Waals surface area contributed by atoms with E-state index in [0.29, 0.717) is 6.04 Å². The van der Waals surface area contributed by atoms with Crippen molar-refractivity contribution < 1.29 is 4.74 Å². The minimum Gasteiger partial charge on any atom is -0.372 e. The van der Waals surface area contributed by atoms with E-state index in [2.05, 4.69) is 42.6 Å². The Morgan fingerprint density at radius 1 is 1.17 bits per heavy atom. The Bertz CT molecular complexity index is 381. The number of hydrogen-bond acceptors (Lipinski definition) is 2. The van der Waals surface area contributed by atoms with E-state index in [1.807, 2.05) is 0 Å². The largest absolute Gasteiger partial charge is 0.372 e. The Morgan fingerprint density at radius 3 is 2.61 bits per heavy atom. The normalized spacial score (nSPS) is 36.7. The van der Waals surface area contributed by atoms with Gasteiger partial charge in [0.05, 0.1) is 18.2 Å². The van der Waals surface area contributed by atoms with Gasteiger partial charge in [-0.25, -0.2) is 0 Å². The van der Waals surface area contributed by atoms with Crippen molar-refractivity contribution in [3.05, 3.63) is 35.9 Å². The zero-order valence-electron chi connectivity index (χ0n) is 11.2. The van der Waals surface area contributed by atoms with Gasteiger partial charge in [-0.15, -0.1) is 0 Å². The molecular weight excluding hydrogens is 222 g/mol. The first-order valence-corrected chi connectivity index (χ1v) is 7.22. The molecule has 3 rings (SSSR count). The lowest BCUT2D eigenvalue weighted by atomic mass is 9.73. The van der Waals surface area contributed by atoms with Gasteiger partial charge in [-0.1, -0.05) is 37.3 Å². The summed E-state index contributed by atoms with van der Waals surface area (Å²) in [6.07, 6.45) is 4.98. The summed E-state index contributed by atoms with van der Waals surface area (Å²) < 4.78 is 6.26. The number of morpholine rings is 1. The molecule has 0 radical (unpaired) electrons. The summed E-state index contributed by atoms with van der Waals surface area (Å²) in [6, 6.07) is 11.2. The van der Waals surface area contributed by atoms with Crippen molar-refractivity contribution in [3.8, 4) is 0 Å². The lowest BCUT2D eigenvalue weighted by Gasteiger charge is -2.48. The van der Waals surface area contributed by atoms with E-state index in [1.165, 1.54) is 31.2 Å². The van der Waals surface area contributed by atoms with Gasteiger partial charge < -0.3 is 10.1 Å². The monoisotopic (exact) mass is 245 g/mol. The van der Waals surface area contributed by atoms with E-state index >= 15 is 0 Å². The summed E-state index contributed by atoms with van der Waals surface area (Å²) in [5.74, 6) is 0.859. The van der Waals surface area contributed by atoms with E-state index < -0.39 is 0 Å². The standard InChI is InChI=1S/C16H23NO/c1-13-7-9-16(10-8-13)15(17-11-12-18-16)14-5-3-2-4-6-14/h2-6,13,15,17H,7-12H2,1H3. The topological polar surface area (TPSA) is 21.3 Å². The average Bonchev–Trinajstić information content (AvgIpc) is 2.44. The van der Waals surface area contributed by atoms with Crippen LogP contribution in [0.4, 0.5) is 0 Å². The predicted molar refractivity (Wildman–Crippen MR) is 73.5 cm³/mol. The molecule has 2 aliphatic rings. The van der Waals surface area contributed by atoms with Crippen LogP contribution in [0.5, 0.6) is 0 Å². The molecule has 0 bridgehead atoms. The first-order chi connectivity index (χ1) is 8.80. The first kappa shape index (κ1) is 12.2. The molecule has 2 heteroatoms. The van der Waals surface area contributed by atoms with Crippen LogP contribution in [0.3, 0.4) is 0 Å². The molecule has 1 saturated carbocycles. The Kier molecular flexibility index (Phi) is 3.40. The second-order valence-corrected chi connectivity index (χ2v) is 5.89. The molecule has 1 heterocycles. The van der Waals surface area contributed by atoms with E-state index in [0.717, 1.165) is 19.1 Å². The molecule has 1 atom stereocenters. The highest BCUT2D eigenvalue weighted by molar-refractivity contribution is 5.23. The highest BCUT2D eigenvalue weighted by Crippen LogP contribution is 2.44. The number of nitrogens with one attached hydrogen (secondary N) is 1. The van der Waals surface area contributed by atoms with E-state index in [-0.39, 0.29) is 5.60 Å². The number of hydrogen-bond donors (Lipinski definition) is 1. The predicted octanol–water partition coefficient (Wildman–Crippen LogP) is 3.30. The maximum Gasteiger partial charge on any atom is 0.0877 e. The van der Waals surface area contributed by atoms with Crippen LogP contribution in [0.1, 0.15) is 44.2 Å². The van der Waals surface area contributed by atoms with Crippen molar-refractivity contribution in [3.63, 3.8) is 0 Å². The molecule has 1 aromatic rings. The summed E-state index contributed by atoms with van der Waals surface area (Å²) in [4.78, 5) is 0. The Balaban J connectivity index is 1.86. The fraction of sp³-hybridized carbons (Fsp3) is 0.625. The van der Waals surface area contributed by atoms with Gasteiger partial charge in [0, 0.05) is 6.54 Å². The fourth-order valence-corrected chi connectivity index (χ4v) is 3.48. The SMILES string of the molecule is CC1CCC2(CC1)OCCNC2c1ccccc1.